The molecule has 1 fully saturated rings. The monoisotopic (exact) mass is 466 g/mol. The van der Waals surface area contributed by atoms with Crippen LogP contribution >= 0.6 is 0 Å². The van der Waals surface area contributed by atoms with Gasteiger partial charge in [-0.1, -0.05) is 38.1 Å². The van der Waals surface area contributed by atoms with E-state index in [0.717, 1.165) is 5.56 Å². The van der Waals surface area contributed by atoms with E-state index in [1.54, 1.807) is 30.9 Å². The molecule has 1 aromatic carbocycles. The highest BCUT2D eigenvalue weighted by Gasteiger charge is 2.34. The first kappa shape index (κ1) is 24.3. The van der Waals surface area contributed by atoms with Crippen molar-refractivity contribution in [3.8, 4) is 0 Å². The van der Waals surface area contributed by atoms with E-state index in [1.165, 1.54) is 16.4 Å². The van der Waals surface area contributed by atoms with Gasteiger partial charge in [-0.2, -0.15) is 4.31 Å². The molecule has 0 bridgehead atoms. The minimum Gasteiger partial charge on any atom is -0.360 e. The average molecular weight is 467 g/mol. The quantitative estimate of drug-likeness (QED) is 0.703. The Kier molecular flexibility index (Phi) is 7.06. The third kappa shape index (κ3) is 5.19. The van der Waals surface area contributed by atoms with Crippen LogP contribution in [-0.4, -0.2) is 61.4 Å². The Morgan fingerprint density at radius 3 is 2.25 bits per heavy atom. The Morgan fingerprint density at radius 1 is 1.16 bits per heavy atom. The van der Waals surface area contributed by atoms with Crippen LogP contribution in [0.15, 0.2) is 33.7 Å². The molecular formula is C22H31FN4O4S. The SMILES string of the molecule is Cc1noc(C)c1S(=O)(=O)N1CCN(C(=O)CNC(c2ccc(F)cc2)C(C)(C)C)CC1. The number of amides is 1. The van der Waals surface area contributed by atoms with Crippen LogP contribution in [0, 0.1) is 25.1 Å². The fourth-order valence-electron chi connectivity index (χ4n) is 4.03. The number of aryl methyl sites for hydroxylation is 2. The second kappa shape index (κ2) is 9.29. The topological polar surface area (TPSA) is 95.8 Å². The zero-order chi connectivity index (χ0) is 23.7. The minimum atomic E-state index is -3.72. The second-order valence-electron chi connectivity index (χ2n) is 9.17. The maximum atomic E-state index is 13.3. The summed E-state index contributed by atoms with van der Waals surface area (Å²) in [7, 11) is -3.72. The molecule has 0 saturated carbocycles. The third-order valence-corrected chi connectivity index (χ3v) is 7.83. The summed E-state index contributed by atoms with van der Waals surface area (Å²) in [5.41, 5.74) is 1.04. The van der Waals surface area contributed by atoms with E-state index in [1.807, 2.05) is 0 Å². The first-order valence-corrected chi connectivity index (χ1v) is 12.0. The van der Waals surface area contributed by atoms with E-state index in [2.05, 4.69) is 31.2 Å². The van der Waals surface area contributed by atoms with Crippen LogP contribution in [0.3, 0.4) is 0 Å². The molecule has 0 radical (unpaired) electrons. The van der Waals surface area contributed by atoms with E-state index in [0.29, 0.717) is 18.8 Å². The Labute approximate surface area is 188 Å². The van der Waals surface area contributed by atoms with Gasteiger partial charge in [0.05, 0.1) is 6.54 Å². The van der Waals surface area contributed by atoms with E-state index < -0.39 is 10.0 Å². The zero-order valence-electron chi connectivity index (χ0n) is 19.2. The van der Waals surface area contributed by atoms with Crippen LogP contribution in [0.4, 0.5) is 4.39 Å². The summed E-state index contributed by atoms with van der Waals surface area (Å²) in [5, 5.41) is 7.04. The van der Waals surface area contributed by atoms with Gasteiger partial charge in [-0.05, 0) is 37.0 Å². The average Bonchev–Trinajstić information content (AvgIpc) is 3.07. The van der Waals surface area contributed by atoms with Crippen LogP contribution in [-0.2, 0) is 14.8 Å². The molecular weight excluding hydrogens is 435 g/mol. The highest BCUT2D eigenvalue weighted by atomic mass is 32.2. The van der Waals surface area contributed by atoms with Gasteiger partial charge in [-0.3, -0.25) is 4.79 Å². The van der Waals surface area contributed by atoms with Crippen molar-refractivity contribution in [1.29, 1.82) is 0 Å². The lowest BCUT2D eigenvalue weighted by molar-refractivity contribution is -0.131. The molecule has 1 aliphatic rings. The molecule has 0 aliphatic carbocycles. The lowest BCUT2D eigenvalue weighted by Gasteiger charge is -2.36. The summed E-state index contributed by atoms with van der Waals surface area (Å²) in [6.07, 6.45) is 0. The Morgan fingerprint density at radius 2 is 1.75 bits per heavy atom. The largest absolute Gasteiger partial charge is 0.360 e. The number of hydrogen-bond acceptors (Lipinski definition) is 6. The van der Waals surface area contributed by atoms with Gasteiger partial charge in [0.15, 0.2) is 5.76 Å². The van der Waals surface area contributed by atoms with Gasteiger partial charge < -0.3 is 14.7 Å². The van der Waals surface area contributed by atoms with Gasteiger partial charge >= 0.3 is 0 Å². The summed E-state index contributed by atoms with van der Waals surface area (Å²) in [4.78, 5) is 14.6. The van der Waals surface area contributed by atoms with Gasteiger partial charge in [0.25, 0.3) is 0 Å². The molecule has 1 amide bonds. The van der Waals surface area contributed by atoms with Crippen LogP contribution < -0.4 is 5.32 Å². The predicted molar refractivity (Wildman–Crippen MR) is 118 cm³/mol. The molecule has 0 spiro atoms. The van der Waals surface area contributed by atoms with Crippen molar-refractivity contribution in [1.82, 2.24) is 19.7 Å². The molecule has 1 aliphatic heterocycles. The smallest absolute Gasteiger partial charge is 0.248 e. The number of piperazine rings is 1. The number of carbonyl (C=O) groups excluding carboxylic acids is 1. The molecule has 1 aromatic heterocycles. The van der Waals surface area contributed by atoms with Crippen molar-refractivity contribution in [2.45, 2.75) is 45.6 Å². The summed E-state index contributed by atoms with van der Waals surface area (Å²) < 4.78 is 45.6. The summed E-state index contributed by atoms with van der Waals surface area (Å²) in [5.74, 6) is -0.142. The van der Waals surface area contributed by atoms with E-state index in [9.17, 15) is 17.6 Å². The number of sulfonamides is 1. The molecule has 10 heteroatoms. The highest BCUT2D eigenvalue weighted by Crippen LogP contribution is 2.32. The normalized spacial score (nSPS) is 16.9. The first-order chi connectivity index (χ1) is 14.9. The van der Waals surface area contributed by atoms with E-state index >= 15 is 0 Å². The molecule has 1 saturated heterocycles. The molecule has 2 heterocycles. The van der Waals surface area contributed by atoms with Gasteiger partial charge in [-0.25, -0.2) is 12.8 Å². The number of hydrogen-bond donors (Lipinski definition) is 1. The number of aromatic nitrogens is 1. The number of benzene rings is 1. The first-order valence-electron chi connectivity index (χ1n) is 10.6. The molecule has 32 heavy (non-hydrogen) atoms. The number of nitrogens with zero attached hydrogens (tertiary/aromatic N) is 3. The van der Waals surface area contributed by atoms with Gasteiger partial charge in [0.1, 0.15) is 16.4 Å². The zero-order valence-corrected chi connectivity index (χ0v) is 20.0. The molecule has 1 unspecified atom stereocenters. The maximum Gasteiger partial charge on any atom is 0.248 e. The van der Waals surface area contributed by atoms with Crippen LogP contribution in [0.5, 0.6) is 0 Å². The van der Waals surface area contributed by atoms with Crippen molar-refractivity contribution in [3.05, 3.63) is 47.1 Å². The highest BCUT2D eigenvalue weighted by molar-refractivity contribution is 7.89. The lowest BCUT2D eigenvalue weighted by Crippen LogP contribution is -2.52. The Balaban J connectivity index is 1.61. The van der Waals surface area contributed by atoms with E-state index in [4.69, 9.17) is 4.52 Å². The fraction of sp³-hybridized carbons (Fsp3) is 0.545. The van der Waals surface area contributed by atoms with Gasteiger partial charge in [-0.15, -0.1) is 0 Å². The Bertz CT molecular complexity index is 1030. The minimum absolute atomic E-state index is 0.101. The predicted octanol–water partition coefficient (Wildman–Crippen LogP) is 2.64. The summed E-state index contributed by atoms with van der Waals surface area (Å²) in [6, 6.07) is 6.13. The Hall–Kier alpha value is -2.30. The van der Waals surface area contributed by atoms with Gasteiger partial charge in [0, 0.05) is 32.2 Å². The van der Waals surface area contributed by atoms with Crippen LogP contribution in [0.25, 0.3) is 0 Å². The van der Waals surface area contributed by atoms with Crippen LogP contribution in [0.2, 0.25) is 0 Å². The van der Waals surface area contributed by atoms with Gasteiger partial charge in [0.2, 0.25) is 15.9 Å². The maximum absolute atomic E-state index is 13.3. The molecule has 1 atom stereocenters. The van der Waals surface area contributed by atoms with Crippen molar-refractivity contribution >= 4 is 15.9 Å². The number of nitrogens with one attached hydrogen (secondary N) is 1. The number of halogens is 1. The molecule has 8 nitrogen and oxygen atoms in total. The molecule has 3 rings (SSSR count). The molecule has 176 valence electrons. The summed E-state index contributed by atoms with van der Waals surface area (Å²) >= 11 is 0. The second-order valence-corrected chi connectivity index (χ2v) is 11.0. The van der Waals surface area contributed by atoms with Crippen LogP contribution in [0.1, 0.15) is 43.8 Å². The molecule has 1 N–H and O–H groups in total. The van der Waals surface area contributed by atoms with E-state index in [-0.39, 0.29) is 53.5 Å². The van der Waals surface area contributed by atoms with Crippen molar-refractivity contribution in [3.63, 3.8) is 0 Å². The number of rotatable bonds is 6. The molecule has 2 aromatic rings. The fourth-order valence-corrected chi connectivity index (χ4v) is 5.74. The van der Waals surface area contributed by atoms with Crippen molar-refractivity contribution < 1.29 is 22.1 Å². The standard InChI is InChI=1S/C22H31FN4O4S/c1-15-20(16(2)31-25-15)32(29,30)27-12-10-26(11-13-27)19(28)14-24-21(22(3,4)5)17-6-8-18(23)9-7-17/h6-9,21,24H,10-14H2,1-5H3. The lowest BCUT2D eigenvalue weighted by atomic mass is 9.82. The van der Waals surface area contributed by atoms with Crippen molar-refractivity contribution in [2.24, 2.45) is 5.41 Å². The third-order valence-electron chi connectivity index (χ3n) is 5.68. The van der Waals surface area contributed by atoms with Crippen molar-refractivity contribution in [2.75, 3.05) is 32.7 Å². The number of carbonyl (C=O) groups is 1. The summed E-state index contributed by atoms with van der Waals surface area (Å²) in [6.45, 7) is 10.5.